The molecule has 0 radical (unpaired) electrons. The molecule has 0 aliphatic rings. The zero-order chi connectivity index (χ0) is 12.3. The third-order valence-corrected chi connectivity index (χ3v) is 2.44. The Morgan fingerprint density at radius 1 is 1.29 bits per heavy atom. The molecule has 1 N–H and O–H groups in total. The number of ether oxygens (including phenoxy) is 2. The molecule has 0 bridgehead atoms. The van der Waals surface area contributed by atoms with E-state index in [1.807, 2.05) is 7.05 Å². The fourth-order valence-electron chi connectivity index (χ4n) is 1.39. The van der Waals surface area contributed by atoms with Gasteiger partial charge in [0.1, 0.15) is 0 Å². The summed E-state index contributed by atoms with van der Waals surface area (Å²) in [7, 11) is 3.58. The second kappa shape index (κ2) is 9.09. The molecule has 98 valence electrons. The third kappa shape index (κ3) is 6.35. The molecule has 0 aromatic carbocycles. The van der Waals surface area contributed by atoms with Crippen molar-refractivity contribution < 1.29 is 9.47 Å². The van der Waals surface area contributed by atoms with Gasteiger partial charge in [0.2, 0.25) is 0 Å². The van der Waals surface area contributed by atoms with Gasteiger partial charge in [-0.05, 0) is 19.4 Å². The topological polar surface area (TPSA) is 61.2 Å². The number of aryl methyl sites for hydroxylation is 1. The number of nitrogens with one attached hydrogen (secondary N) is 1. The van der Waals surface area contributed by atoms with Crippen molar-refractivity contribution in [3.05, 3.63) is 11.9 Å². The summed E-state index contributed by atoms with van der Waals surface area (Å²) in [5.74, 6) is 0. The highest BCUT2D eigenvalue weighted by Gasteiger charge is 1.98. The van der Waals surface area contributed by atoms with Gasteiger partial charge in [0.05, 0.1) is 25.1 Å². The minimum atomic E-state index is 0.672. The van der Waals surface area contributed by atoms with Gasteiger partial charge in [-0.1, -0.05) is 5.21 Å². The SMILES string of the molecule is COCCOCCCCNCc1cnnn1C. The number of hydrogen-bond donors (Lipinski definition) is 1. The first-order valence-electron chi connectivity index (χ1n) is 5.95. The lowest BCUT2D eigenvalue weighted by atomic mass is 10.3. The number of rotatable bonds is 10. The molecule has 0 aliphatic carbocycles. The quantitative estimate of drug-likeness (QED) is 0.600. The van der Waals surface area contributed by atoms with Crippen LogP contribution >= 0.6 is 0 Å². The maximum atomic E-state index is 5.37. The van der Waals surface area contributed by atoms with Gasteiger partial charge in [-0.3, -0.25) is 4.68 Å². The lowest BCUT2D eigenvalue weighted by molar-refractivity contribution is 0.0688. The van der Waals surface area contributed by atoms with E-state index in [2.05, 4.69) is 15.6 Å². The fourth-order valence-corrected chi connectivity index (χ4v) is 1.39. The molecule has 0 saturated carbocycles. The lowest BCUT2D eigenvalue weighted by Gasteiger charge is -2.05. The normalized spacial score (nSPS) is 10.9. The summed E-state index contributed by atoms with van der Waals surface area (Å²) >= 11 is 0. The van der Waals surface area contributed by atoms with E-state index in [1.165, 1.54) is 0 Å². The van der Waals surface area contributed by atoms with Crippen molar-refractivity contribution in [2.24, 2.45) is 7.05 Å². The molecule has 6 nitrogen and oxygen atoms in total. The minimum absolute atomic E-state index is 0.672. The average molecular weight is 242 g/mol. The Bertz CT molecular complexity index is 291. The zero-order valence-electron chi connectivity index (χ0n) is 10.7. The summed E-state index contributed by atoms with van der Waals surface area (Å²) in [6.45, 7) is 3.96. The standard InChI is InChI=1S/C11H22N4O2/c1-15-11(10-13-14-15)9-12-5-3-4-6-17-8-7-16-2/h10,12H,3-9H2,1-2H3. The third-order valence-electron chi connectivity index (χ3n) is 2.44. The van der Waals surface area contributed by atoms with E-state index in [9.17, 15) is 0 Å². The van der Waals surface area contributed by atoms with Gasteiger partial charge in [-0.15, -0.1) is 5.10 Å². The monoisotopic (exact) mass is 242 g/mol. The predicted octanol–water partition coefficient (Wildman–Crippen LogP) is 0.348. The Kier molecular flexibility index (Phi) is 7.53. The molecule has 0 fully saturated rings. The second-order valence-electron chi connectivity index (χ2n) is 3.84. The van der Waals surface area contributed by atoms with Crippen LogP contribution in [0.3, 0.4) is 0 Å². The molecule has 1 aromatic rings. The van der Waals surface area contributed by atoms with Crippen LogP contribution in [0.15, 0.2) is 6.20 Å². The maximum absolute atomic E-state index is 5.37. The molecule has 0 amide bonds. The van der Waals surface area contributed by atoms with Gasteiger partial charge in [0, 0.05) is 27.3 Å². The Balaban J connectivity index is 1.86. The highest BCUT2D eigenvalue weighted by Crippen LogP contribution is 1.93. The lowest BCUT2D eigenvalue weighted by Crippen LogP contribution is -2.17. The van der Waals surface area contributed by atoms with Crippen molar-refractivity contribution in [1.82, 2.24) is 20.3 Å². The van der Waals surface area contributed by atoms with E-state index in [-0.39, 0.29) is 0 Å². The van der Waals surface area contributed by atoms with E-state index in [0.717, 1.165) is 38.2 Å². The van der Waals surface area contributed by atoms with E-state index < -0.39 is 0 Å². The van der Waals surface area contributed by atoms with Crippen LogP contribution in [0.1, 0.15) is 18.5 Å². The number of nitrogens with zero attached hydrogens (tertiary/aromatic N) is 3. The second-order valence-corrected chi connectivity index (χ2v) is 3.84. The summed E-state index contributed by atoms with van der Waals surface area (Å²) in [5, 5.41) is 11.0. The van der Waals surface area contributed by atoms with Crippen LogP contribution in [-0.2, 0) is 23.1 Å². The molecule has 0 unspecified atom stereocenters. The first-order chi connectivity index (χ1) is 8.34. The molecule has 6 heteroatoms. The molecule has 17 heavy (non-hydrogen) atoms. The molecule has 0 atom stereocenters. The van der Waals surface area contributed by atoms with Gasteiger partial charge in [0.25, 0.3) is 0 Å². The smallest absolute Gasteiger partial charge is 0.0738 e. The minimum Gasteiger partial charge on any atom is -0.382 e. The molecule has 1 heterocycles. The van der Waals surface area contributed by atoms with Crippen LogP contribution in [0.2, 0.25) is 0 Å². The van der Waals surface area contributed by atoms with Crippen LogP contribution in [0.5, 0.6) is 0 Å². The molecule has 1 rings (SSSR count). The maximum Gasteiger partial charge on any atom is 0.0738 e. The molecular formula is C11H22N4O2. The largest absolute Gasteiger partial charge is 0.382 e. The Labute approximate surface area is 102 Å². The van der Waals surface area contributed by atoms with E-state index in [1.54, 1.807) is 18.0 Å². The van der Waals surface area contributed by atoms with Gasteiger partial charge in [0.15, 0.2) is 0 Å². The Morgan fingerprint density at radius 2 is 2.18 bits per heavy atom. The van der Waals surface area contributed by atoms with Gasteiger partial charge < -0.3 is 14.8 Å². The van der Waals surface area contributed by atoms with Crippen LogP contribution in [0, 0.1) is 0 Å². The van der Waals surface area contributed by atoms with Crippen molar-refractivity contribution in [3.8, 4) is 0 Å². The van der Waals surface area contributed by atoms with Crippen molar-refractivity contribution in [1.29, 1.82) is 0 Å². The van der Waals surface area contributed by atoms with Crippen LogP contribution in [0.25, 0.3) is 0 Å². The first kappa shape index (κ1) is 14.1. The molecule has 1 aromatic heterocycles. The zero-order valence-corrected chi connectivity index (χ0v) is 10.7. The van der Waals surface area contributed by atoms with Crippen LogP contribution in [0.4, 0.5) is 0 Å². The number of aromatic nitrogens is 3. The van der Waals surface area contributed by atoms with Crippen molar-refractivity contribution >= 4 is 0 Å². The van der Waals surface area contributed by atoms with Crippen molar-refractivity contribution in [2.75, 3.05) is 33.5 Å². The van der Waals surface area contributed by atoms with E-state index >= 15 is 0 Å². The summed E-state index contributed by atoms with van der Waals surface area (Å²) in [5.41, 5.74) is 1.10. The summed E-state index contributed by atoms with van der Waals surface area (Å²) in [6.07, 6.45) is 3.96. The van der Waals surface area contributed by atoms with E-state index in [0.29, 0.717) is 13.2 Å². The Morgan fingerprint density at radius 3 is 2.88 bits per heavy atom. The highest BCUT2D eigenvalue weighted by atomic mass is 16.5. The molecule has 0 saturated heterocycles. The summed E-state index contributed by atoms with van der Waals surface area (Å²) in [4.78, 5) is 0. The van der Waals surface area contributed by atoms with Gasteiger partial charge in [-0.25, -0.2) is 0 Å². The molecular weight excluding hydrogens is 220 g/mol. The predicted molar refractivity (Wildman–Crippen MR) is 64.6 cm³/mol. The summed E-state index contributed by atoms with van der Waals surface area (Å²) < 4.78 is 12.0. The average Bonchev–Trinajstić information content (AvgIpc) is 2.73. The van der Waals surface area contributed by atoms with Gasteiger partial charge >= 0.3 is 0 Å². The summed E-state index contributed by atoms with van der Waals surface area (Å²) in [6, 6.07) is 0. The first-order valence-corrected chi connectivity index (χ1v) is 5.95. The van der Waals surface area contributed by atoms with Crippen LogP contribution in [-0.4, -0.2) is 48.5 Å². The van der Waals surface area contributed by atoms with E-state index in [4.69, 9.17) is 9.47 Å². The number of hydrogen-bond acceptors (Lipinski definition) is 5. The highest BCUT2D eigenvalue weighted by molar-refractivity contribution is 4.91. The number of unbranched alkanes of at least 4 members (excludes halogenated alkanes) is 1. The number of methoxy groups -OCH3 is 1. The fraction of sp³-hybridized carbons (Fsp3) is 0.818. The van der Waals surface area contributed by atoms with Crippen LogP contribution < -0.4 is 5.32 Å². The molecule has 0 aliphatic heterocycles. The van der Waals surface area contributed by atoms with Crippen molar-refractivity contribution in [2.45, 2.75) is 19.4 Å². The van der Waals surface area contributed by atoms with Crippen molar-refractivity contribution in [3.63, 3.8) is 0 Å². The Hall–Kier alpha value is -0.980. The van der Waals surface area contributed by atoms with Gasteiger partial charge in [-0.2, -0.15) is 0 Å². The molecule has 0 spiro atoms.